The molecular weight excluding hydrogens is 339 g/mol. The highest BCUT2D eigenvalue weighted by Crippen LogP contribution is 2.38. The molecule has 3 fully saturated rings. The lowest BCUT2D eigenvalue weighted by Gasteiger charge is -2.36. The van der Waals surface area contributed by atoms with E-state index in [0.29, 0.717) is 12.1 Å². The van der Waals surface area contributed by atoms with Crippen LogP contribution in [-0.2, 0) is 12.7 Å². The maximum absolute atomic E-state index is 13.2. The average molecular weight is 367 g/mol. The summed E-state index contributed by atoms with van der Waals surface area (Å²) in [7, 11) is 0. The molecule has 4 rings (SSSR count). The SMILES string of the molecule is FC(F)(F)c1ccc(CN(C2CCNCC2)C2CC2)c(N2CCCC2)c1. The van der Waals surface area contributed by atoms with Gasteiger partial charge < -0.3 is 10.2 Å². The lowest BCUT2D eigenvalue weighted by atomic mass is 10.0. The van der Waals surface area contributed by atoms with Crippen molar-refractivity contribution < 1.29 is 13.2 Å². The van der Waals surface area contributed by atoms with Gasteiger partial charge >= 0.3 is 6.18 Å². The fraction of sp³-hybridized carbons (Fsp3) is 0.700. The van der Waals surface area contributed by atoms with Crippen LogP contribution in [0.4, 0.5) is 18.9 Å². The Morgan fingerprint density at radius 3 is 2.27 bits per heavy atom. The summed E-state index contributed by atoms with van der Waals surface area (Å²) in [4.78, 5) is 4.72. The van der Waals surface area contributed by atoms with Crippen molar-refractivity contribution in [1.29, 1.82) is 0 Å². The normalized spacial score (nSPS) is 22.4. The van der Waals surface area contributed by atoms with Crippen LogP contribution in [-0.4, -0.2) is 43.2 Å². The zero-order valence-corrected chi connectivity index (χ0v) is 15.2. The third-order valence-electron chi connectivity index (χ3n) is 6.01. The molecule has 1 aromatic rings. The van der Waals surface area contributed by atoms with E-state index in [1.807, 2.05) is 0 Å². The molecule has 0 radical (unpaired) electrons. The number of alkyl halides is 3. The largest absolute Gasteiger partial charge is 0.416 e. The van der Waals surface area contributed by atoms with Gasteiger partial charge in [0.15, 0.2) is 0 Å². The smallest absolute Gasteiger partial charge is 0.371 e. The van der Waals surface area contributed by atoms with Gasteiger partial charge in [-0.3, -0.25) is 4.90 Å². The molecule has 0 atom stereocenters. The van der Waals surface area contributed by atoms with Gasteiger partial charge in [0, 0.05) is 37.4 Å². The summed E-state index contributed by atoms with van der Waals surface area (Å²) in [5.74, 6) is 0. The molecule has 0 amide bonds. The summed E-state index contributed by atoms with van der Waals surface area (Å²) in [6.45, 7) is 4.59. The Morgan fingerprint density at radius 2 is 1.65 bits per heavy atom. The van der Waals surface area contributed by atoms with Gasteiger partial charge in [-0.2, -0.15) is 13.2 Å². The van der Waals surface area contributed by atoms with E-state index in [0.717, 1.165) is 69.7 Å². The maximum Gasteiger partial charge on any atom is 0.416 e. The van der Waals surface area contributed by atoms with E-state index < -0.39 is 11.7 Å². The van der Waals surface area contributed by atoms with Crippen LogP contribution in [0.1, 0.15) is 49.7 Å². The van der Waals surface area contributed by atoms with Crippen LogP contribution in [0.5, 0.6) is 0 Å². The number of hydrogen-bond donors (Lipinski definition) is 1. The Bertz CT molecular complexity index is 615. The highest BCUT2D eigenvalue weighted by molar-refractivity contribution is 5.56. The van der Waals surface area contributed by atoms with Crippen LogP contribution < -0.4 is 10.2 Å². The van der Waals surface area contributed by atoms with Gasteiger partial charge in [0.25, 0.3) is 0 Å². The van der Waals surface area contributed by atoms with Gasteiger partial charge in [-0.25, -0.2) is 0 Å². The predicted molar refractivity (Wildman–Crippen MR) is 97.3 cm³/mol. The summed E-state index contributed by atoms with van der Waals surface area (Å²) in [6, 6.07) is 5.55. The number of benzene rings is 1. The van der Waals surface area contributed by atoms with Gasteiger partial charge in [-0.1, -0.05) is 6.07 Å². The number of rotatable bonds is 5. The van der Waals surface area contributed by atoms with Gasteiger partial charge in [-0.15, -0.1) is 0 Å². The number of nitrogens with one attached hydrogen (secondary N) is 1. The van der Waals surface area contributed by atoms with E-state index >= 15 is 0 Å². The van der Waals surface area contributed by atoms with Crippen molar-refractivity contribution >= 4 is 5.69 Å². The molecule has 1 saturated carbocycles. The fourth-order valence-electron chi connectivity index (χ4n) is 4.42. The molecule has 3 aliphatic rings. The second-order valence-corrected chi connectivity index (χ2v) is 7.92. The van der Waals surface area contributed by atoms with E-state index in [4.69, 9.17) is 0 Å². The van der Waals surface area contributed by atoms with Crippen LogP contribution in [0.3, 0.4) is 0 Å². The van der Waals surface area contributed by atoms with E-state index in [1.54, 1.807) is 6.07 Å². The minimum absolute atomic E-state index is 0.525. The van der Waals surface area contributed by atoms with Gasteiger partial charge in [0.2, 0.25) is 0 Å². The lowest BCUT2D eigenvalue weighted by Crippen LogP contribution is -2.44. The molecule has 0 spiro atoms. The first-order valence-electron chi connectivity index (χ1n) is 9.94. The maximum atomic E-state index is 13.2. The van der Waals surface area contributed by atoms with Crippen LogP contribution >= 0.6 is 0 Å². The number of halogens is 3. The molecule has 1 aromatic carbocycles. The van der Waals surface area contributed by atoms with Crippen LogP contribution in [0.25, 0.3) is 0 Å². The molecule has 2 aliphatic heterocycles. The standard InChI is InChI=1S/C20H28F3N3/c21-20(22,23)16-4-3-15(19(13-16)25-11-1-2-12-25)14-26(17-5-6-17)18-7-9-24-10-8-18/h3-4,13,17-18,24H,1-2,5-12,14H2. The molecule has 144 valence electrons. The molecule has 0 unspecified atom stereocenters. The summed E-state index contributed by atoms with van der Waals surface area (Å²) in [5.41, 5.74) is 1.34. The molecule has 2 saturated heterocycles. The van der Waals surface area contributed by atoms with Crippen LogP contribution in [0, 0.1) is 0 Å². The molecule has 6 heteroatoms. The van der Waals surface area contributed by atoms with E-state index in [1.165, 1.54) is 25.0 Å². The summed E-state index contributed by atoms with van der Waals surface area (Å²) < 4.78 is 39.7. The Hall–Kier alpha value is -1.27. The highest BCUT2D eigenvalue weighted by Gasteiger charge is 2.36. The first-order chi connectivity index (χ1) is 12.5. The van der Waals surface area contributed by atoms with Crippen molar-refractivity contribution in [1.82, 2.24) is 10.2 Å². The first-order valence-corrected chi connectivity index (χ1v) is 9.94. The number of piperidine rings is 1. The van der Waals surface area contributed by atoms with Gasteiger partial charge in [-0.05, 0) is 69.3 Å². The van der Waals surface area contributed by atoms with Crippen molar-refractivity contribution in [2.75, 3.05) is 31.1 Å². The Morgan fingerprint density at radius 1 is 1.00 bits per heavy atom. The molecule has 0 bridgehead atoms. The van der Waals surface area contributed by atoms with Crippen molar-refractivity contribution in [3.63, 3.8) is 0 Å². The number of hydrogen-bond acceptors (Lipinski definition) is 3. The van der Waals surface area contributed by atoms with Crippen molar-refractivity contribution in [3.05, 3.63) is 29.3 Å². The number of nitrogens with zero attached hydrogens (tertiary/aromatic N) is 2. The van der Waals surface area contributed by atoms with Gasteiger partial charge in [0.1, 0.15) is 0 Å². The fourth-order valence-corrected chi connectivity index (χ4v) is 4.42. The minimum atomic E-state index is -4.28. The average Bonchev–Trinajstić information content (AvgIpc) is 3.33. The molecule has 1 aliphatic carbocycles. The predicted octanol–water partition coefficient (Wildman–Crippen LogP) is 4.02. The van der Waals surface area contributed by atoms with E-state index in [9.17, 15) is 13.2 Å². The number of anilines is 1. The second kappa shape index (κ2) is 7.39. The molecule has 26 heavy (non-hydrogen) atoms. The van der Waals surface area contributed by atoms with Crippen molar-refractivity contribution in [3.8, 4) is 0 Å². The zero-order chi connectivity index (χ0) is 18.1. The zero-order valence-electron chi connectivity index (χ0n) is 15.2. The Kier molecular flexibility index (Phi) is 5.15. The van der Waals surface area contributed by atoms with Crippen molar-refractivity contribution in [2.45, 2.75) is 63.3 Å². The Labute approximate surface area is 153 Å². The van der Waals surface area contributed by atoms with Crippen LogP contribution in [0.15, 0.2) is 18.2 Å². The Balaban J connectivity index is 1.61. The third kappa shape index (κ3) is 4.01. The molecular formula is C20H28F3N3. The third-order valence-corrected chi connectivity index (χ3v) is 6.01. The highest BCUT2D eigenvalue weighted by atomic mass is 19.4. The van der Waals surface area contributed by atoms with E-state index in [2.05, 4.69) is 15.1 Å². The lowest BCUT2D eigenvalue weighted by molar-refractivity contribution is -0.137. The second-order valence-electron chi connectivity index (χ2n) is 7.92. The molecule has 3 nitrogen and oxygen atoms in total. The molecule has 2 heterocycles. The first kappa shape index (κ1) is 18.1. The monoisotopic (exact) mass is 367 g/mol. The summed E-state index contributed by atoms with van der Waals surface area (Å²) >= 11 is 0. The quantitative estimate of drug-likeness (QED) is 0.848. The summed E-state index contributed by atoms with van der Waals surface area (Å²) in [5, 5.41) is 3.41. The summed E-state index contributed by atoms with van der Waals surface area (Å²) in [6.07, 6.45) is 2.57. The van der Waals surface area contributed by atoms with E-state index in [-0.39, 0.29) is 0 Å². The minimum Gasteiger partial charge on any atom is -0.371 e. The van der Waals surface area contributed by atoms with Crippen molar-refractivity contribution in [2.24, 2.45) is 0 Å². The van der Waals surface area contributed by atoms with Gasteiger partial charge in [0.05, 0.1) is 5.56 Å². The topological polar surface area (TPSA) is 18.5 Å². The molecule has 1 N–H and O–H groups in total. The van der Waals surface area contributed by atoms with Crippen LogP contribution in [0.2, 0.25) is 0 Å². The molecule has 0 aromatic heterocycles.